The van der Waals surface area contributed by atoms with Gasteiger partial charge in [0.25, 0.3) is 0 Å². The number of allylic oxidation sites excluding steroid dienone is 2. The first kappa shape index (κ1) is 16.7. The smallest absolute Gasteiger partial charge is 0.223 e. The molecule has 5 nitrogen and oxygen atoms in total. The number of pyridine rings is 1. The third-order valence-electron chi connectivity index (χ3n) is 5.59. The van der Waals surface area contributed by atoms with Gasteiger partial charge in [0.2, 0.25) is 5.91 Å². The van der Waals surface area contributed by atoms with Gasteiger partial charge in [0.15, 0.2) is 0 Å². The van der Waals surface area contributed by atoms with Crippen molar-refractivity contribution < 1.29 is 14.3 Å². The molecule has 0 spiro atoms. The molecule has 0 aromatic carbocycles. The van der Waals surface area contributed by atoms with Crippen LogP contribution in [0.25, 0.3) is 0 Å². The zero-order valence-corrected chi connectivity index (χ0v) is 14.5. The van der Waals surface area contributed by atoms with Crippen LogP contribution in [0.2, 0.25) is 0 Å². The summed E-state index contributed by atoms with van der Waals surface area (Å²) in [5.41, 5.74) is 1.06. The number of carbonyl (C=O) groups excluding carboxylic acids is 1. The largest absolute Gasteiger partial charge is 0.374 e. The molecule has 0 radical (unpaired) electrons. The van der Waals surface area contributed by atoms with Gasteiger partial charge in [0, 0.05) is 25.4 Å². The fraction of sp³-hybridized carbons (Fsp3) is 0.600. The third kappa shape index (κ3) is 3.77. The fourth-order valence-electron chi connectivity index (χ4n) is 4.30. The third-order valence-corrected chi connectivity index (χ3v) is 5.59. The molecule has 4 atom stereocenters. The van der Waals surface area contributed by atoms with Crippen molar-refractivity contribution in [1.29, 1.82) is 0 Å². The lowest BCUT2D eigenvalue weighted by molar-refractivity contribution is -0.136. The Balaban J connectivity index is 1.42. The number of hydrogen-bond donors (Lipinski definition) is 0. The molecule has 2 aliphatic carbocycles. The molecule has 3 aliphatic rings. The summed E-state index contributed by atoms with van der Waals surface area (Å²) in [5, 5.41) is 0. The van der Waals surface area contributed by atoms with E-state index in [1.165, 1.54) is 0 Å². The van der Waals surface area contributed by atoms with Gasteiger partial charge in [-0.15, -0.1) is 0 Å². The normalized spacial score (nSPS) is 31.3. The lowest BCUT2D eigenvalue weighted by Gasteiger charge is -2.32. The topological polar surface area (TPSA) is 51.7 Å². The molecule has 134 valence electrons. The van der Waals surface area contributed by atoms with Crippen LogP contribution in [0.3, 0.4) is 0 Å². The van der Waals surface area contributed by atoms with E-state index in [0.717, 1.165) is 31.2 Å². The molecule has 0 N–H and O–H groups in total. The summed E-state index contributed by atoms with van der Waals surface area (Å²) >= 11 is 0. The van der Waals surface area contributed by atoms with Crippen LogP contribution in [0.5, 0.6) is 0 Å². The van der Waals surface area contributed by atoms with E-state index in [1.54, 1.807) is 6.20 Å². The number of fused-ring (bicyclic) bond motifs is 2. The quantitative estimate of drug-likeness (QED) is 0.772. The van der Waals surface area contributed by atoms with Crippen molar-refractivity contribution in [2.45, 2.75) is 57.0 Å². The molecule has 1 saturated carbocycles. The number of nitrogens with zero attached hydrogens (tertiary/aromatic N) is 2. The van der Waals surface area contributed by atoms with Crippen LogP contribution in [-0.2, 0) is 20.9 Å². The van der Waals surface area contributed by atoms with Crippen LogP contribution in [0.4, 0.5) is 0 Å². The molecule has 1 aromatic heterocycles. The predicted octanol–water partition coefficient (Wildman–Crippen LogP) is 2.71. The molecule has 5 heteroatoms. The van der Waals surface area contributed by atoms with Crippen LogP contribution in [0, 0.1) is 5.92 Å². The Morgan fingerprint density at radius 3 is 3.12 bits per heavy atom. The molecule has 2 heterocycles. The second-order valence-corrected chi connectivity index (χ2v) is 7.25. The Morgan fingerprint density at radius 2 is 2.32 bits per heavy atom. The Hall–Kier alpha value is -1.72. The Kier molecular flexibility index (Phi) is 5.13. The van der Waals surface area contributed by atoms with Gasteiger partial charge in [0.1, 0.15) is 6.10 Å². The van der Waals surface area contributed by atoms with Crippen molar-refractivity contribution in [3.8, 4) is 0 Å². The number of hydrogen-bond acceptors (Lipinski definition) is 4. The molecule has 0 unspecified atom stereocenters. The molecule has 2 fully saturated rings. The lowest BCUT2D eigenvalue weighted by Crippen LogP contribution is -2.46. The van der Waals surface area contributed by atoms with Gasteiger partial charge < -0.3 is 14.4 Å². The minimum atomic E-state index is -0.0363. The van der Waals surface area contributed by atoms with Crippen molar-refractivity contribution in [3.05, 3.63) is 42.2 Å². The van der Waals surface area contributed by atoms with Crippen LogP contribution < -0.4 is 0 Å². The van der Waals surface area contributed by atoms with Gasteiger partial charge in [-0.05, 0) is 43.2 Å². The molecule has 25 heavy (non-hydrogen) atoms. The van der Waals surface area contributed by atoms with E-state index >= 15 is 0 Å². The highest BCUT2D eigenvalue weighted by atomic mass is 16.5. The van der Waals surface area contributed by atoms with E-state index in [1.807, 2.05) is 23.2 Å². The number of carbonyl (C=O) groups is 1. The summed E-state index contributed by atoms with van der Waals surface area (Å²) in [7, 11) is 0. The Bertz CT molecular complexity index is 619. The van der Waals surface area contributed by atoms with E-state index in [0.29, 0.717) is 32.1 Å². The molecule has 4 rings (SSSR count). The van der Waals surface area contributed by atoms with Crippen LogP contribution in [0.1, 0.15) is 37.7 Å². The molecule has 1 aliphatic heterocycles. The number of aromatic nitrogens is 1. The molecular formula is C20H26N2O3. The van der Waals surface area contributed by atoms with E-state index in [2.05, 4.69) is 17.1 Å². The van der Waals surface area contributed by atoms with Gasteiger partial charge in [0.05, 0.1) is 25.4 Å². The first-order valence-corrected chi connectivity index (χ1v) is 9.39. The molecule has 1 amide bonds. The standard InChI is InChI=1S/C20H26N2O3/c23-19(12-15-4-1-2-5-15)22-10-11-24-18-8-7-17(22)20(18)25-14-16-6-3-9-21-13-16/h1,3-4,6,9,13,15,17-18,20H,2,5,7-8,10-12,14H2/t15-,17-,18-,20+/m0/s1. The van der Waals surface area contributed by atoms with E-state index in [4.69, 9.17) is 9.47 Å². The lowest BCUT2D eigenvalue weighted by atomic mass is 10.0. The highest BCUT2D eigenvalue weighted by Crippen LogP contribution is 2.33. The predicted molar refractivity (Wildman–Crippen MR) is 93.8 cm³/mol. The highest BCUT2D eigenvalue weighted by molar-refractivity contribution is 5.77. The molecule has 1 saturated heterocycles. The maximum Gasteiger partial charge on any atom is 0.223 e. The SMILES string of the molecule is O=C(C[C@H]1C=CCC1)N1CCO[C@H]2CC[C@H]1[C@H]2OCc1cccnc1. The second-order valence-electron chi connectivity index (χ2n) is 7.25. The Labute approximate surface area is 149 Å². The second kappa shape index (κ2) is 7.67. The minimum absolute atomic E-state index is 0.0363. The summed E-state index contributed by atoms with van der Waals surface area (Å²) in [6, 6.07) is 4.07. The maximum absolute atomic E-state index is 12.9. The van der Waals surface area contributed by atoms with Crippen LogP contribution in [0.15, 0.2) is 36.7 Å². The van der Waals surface area contributed by atoms with Crippen molar-refractivity contribution in [2.75, 3.05) is 13.2 Å². The van der Waals surface area contributed by atoms with Gasteiger partial charge in [-0.25, -0.2) is 0 Å². The van der Waals surface area contributed by atoms with Gasteiger partial charge in [-0.3, -0.25) is 9.78 Å². The van der Waals surface area contributed by atoms with Crippen molar-refractivity contribution in [3.63, 3.8) is 0 Å². The van der Waals surface area contributed by atoms with Crippen molar-refractivity contribution >= 4 is 5.91 Å². The molecular weight excluding hydrogens is 316 g/mol. The summed E-state index contributed by atoms with van der Waals surface area (Å²) in [4.78, 5) is 19.1. The van der Waals surface area contributed by atoms with Crippen LogP contribution in [-0.4, -0.2) is 47.2 Å². The average Bonchev–Trinajstić information content (AvgIpc) is 3.21. The van der Waals surface area contributed by atoms with E-state index < -0.39 is 0 Å². The number of amides is 1. The van der Waals surface area contributed by atoms with E-state index in [-0.39, 0.29) is 24.2 Å². The van der Waals surface area contributed by atoms with Crippen molar-refractivity contribution in [1.82, 2.24) is 9.88 Å². The minimum Gasteiger partial charge on any atom is -0.374 e. The molecule has 1 aromatic rings. The summed E-state index contributed by atoms with van der Waals surface area (Å²) in [6.07, 6.45) is 12.8. The number of ether oxygens (including phenoxy) is 2. The van der Waals surface area contributed by atoms with Crippen LogP contribution >= 0.6 is 0 Å². The maximum atomic E-state index is 12.9. The van der Waals surface area contributed by atoms with E-state index in [9.17, 15) is 4.79 Å². The summed E-state index contributed by atoms with van der Waals surface area (Å²) in [5.74, 6) is 0.659. The monoisotopic (exact) mass is 342 g/mol. The molecule has 2 bridgehead atoms. The zero-order valence-electron chi connectivity index (χ0n) is 14.5. The summed E-state index contributed by atoms with van der Waals surface area (Å²) in [6.45, 7) is 1.81. The van der Waals surface area contributed by atoms with Crippen molar-refractivity contribution in [2.24, 2.45) is 5.92 Å². The fourth-order valence-corrected chi connectivity index (χ4v) is 4.30. The first-order chi connectivity index (χ1) is 12.3. The van der Waals surface area contributed by atoms with Gasteiger partial charge in [-0.2, -0.15) is 0 Å². The van der Waals surface area contributed by atoms with Gasteiger partial charge in [-0.1, -0.05) is 18.2 Å². The van der Waals surface area contributed by atoms with Gasteiger partial charge >= 0.3 is 0 Å². The summed E-state index contributed by atoms with van der Waals surface area (Å²) < 4.78 is 12.2. The first-order valence-electron chi connectivity index (χ1n) is 9.39. The Morgan fingerprint density at radius 1 is 1.36 bits per heavy atom. The average molecular weight is 342 g/mol. The number of rotatable bonds is 5. The zero-order chi connectivity index (χ0) is 17.1. The highest BCUT2D eigenvalue weighted by Gasteiger charge is 2.44.